The van der Waals surface area contributed by atoms with Crippen LogP contribution in [0.3, 0.4) is 0 Å². The molecule has 4 aliphatic rings. The Kier molecular flexibility index (Phi) is 4.28. The second-order valence-electron chi connectivity index (χ2n) is 7.81. The number of aliphatic carboxylic acids is 1. The van der Waals surface area contributed by atoms with E-state index in [1.807, 2.05) is 0 Å². The first-order chi connectivity index (χ1) is 10.0. The standard InChI is InChI=1S/C17H29NO3/c1-12(18(3-4-21-2)11-16(19)20)17-8-13-5-14(9-17)7-15(6-13)10-17/h12-15H,3-11H2,1-2H3,(H,19,20). The van der Waals surface area contributed by atoms with Crippen molar-refractivity contribution in [3.63, 3.8) is 0 Å². The Morgan fingerprint density at radius 3 is 2.19 bits per heavy atom. The zero-order valence-electron chi connectivity index (χ0n) is 13.4. The molecule has 0 spiro atoms. The molecular weight excluding hydrogens is 266 g/mol. The SMILES string of the molecule is COCCN(CC(=O)O)C(C)C12CC3CC(CC(C3)C1)C2. The van der Waals surface area contributed by atoms with Crippen molar-refractivity contribution in [2.24, 2.45) is 23.2 Å². The number of carboxylic acid groups (broad SMARTS) is 1. The maximum Gasteiger partial charge on any atom is 0.317 e. The van der Waals surface area contributed by atoms with Crippen molar-refractivity contribution in [2.75, 3.05) is 26.8 Å². The predicted octanol–water partition coefficient (Wildman–Crippen LogP) is 2.62. The van der Waals surface area contributed by atoms with E-state index in [0.717, 1.165) is 24.3 Å². The van der Waals surface area contributed by atoms with E-state index in [1.165, 1.54) is 38.5 Å². The van der Waals surface area contributed by atoms with Gasteiger partial charge in [-0.3, -0.25) is 9.69 Å². The average molecular weight is 295 g/mol. The summed E-state index contributed by atoms with van der Waals surface area (Å²) in [5.41, 5.74) is 0.373. The molecule has 0 radical (unpaired) electrons. The van der Waals surface area contributed by atoms with Gasteiger partial charge in [-0.2, -0.15) is 0 Å². The molecule has 4 aliphatic carbocycles. The Morgan fingerprint density at radius 2 is 1.76 bits per heavy atom. The summed E-state index contributed by atoms with van der Waals surface area (Å²) in [6.07, 6.45) is 8.27. The van der Waals surface area contributed by atoms with Crippen LogP contribution in [0.4, 0.5) is 0 Å². The minimum absolute atomic E-state index is 0.145. The third-order valence-corrected chi connectivity index (χ3v) is 6.44. The molecule has 0 saturated heterocycles. The van der Waals surface area contributed by atoms with Crippen molar-refractivity contribution >= 4 is 5.97 Å². The first-order valence-corrected chi connectivity index (χ1v) is 8.47. The molecule has 0 heterocycles. The lowest BCUT2D eigenvalue weighted by atomic mass is 9.47. The minimum atomic E-state index is -0.720. The molecule has 4 saturated carbocycles. The smallest absolute Gasteiger partial charge is 0.317 e. The summed E-state index contributed by atoms with van der Waals surface area (Å²) < 4.78 is 5.19. The maximum absolute atomic E-state index is 11.2. The van der Waals surface area contributed by atoms with Crippen molar-refractivity contribution in [1.82, 2.24) is 4.90 Å². The molecule has 4 nitrogen and oxygen atoms in total. The van der Waals surface area contributed by atoms with Crippen molar-refractivity contribution < 1.29 is 14.6 Å². The molecule has 1 N–H and O–H groups in total. The van der Waals surface area contributed by atoms with E-state index in [1.54, 1.807) is 7.11 Å². The van der Waals surface area contributed by atoms with E-state index in [4.69, 9.17) is 4.74 Å². The molecule has 0 aliphatic heterocycles. The molecule has 21 heavy (non-hydrogen) atoms. The summed E-state index contributed by atoms with van der Waals surface area (Å²) >= 11 is 0. The van der Waals surface area contributed by atoms with Crippen LogP contribution in [0.5, 0.6) is 0 Å². The molecule has 1 atom stereocenters. The number of ether oxygens (including phenoxy) is 1. The van der Waals surface area contributed by atoms with E-state index in [2.05, 4.69) is 11.8 Å². The monoisotopic (exact) mass is 295 g/mol. The van der Waals surface area contributed by atoms with Crippen molar-refractivity contribution in [1.29, 1.82) is 0 Å². The number of rotatable bonds is 7. The number of carboxylic acids is 1. The fourth-order valence-electron chi connectivity index (χ4n) is 5.87. The summed E-state index contributed by atoms with van der Waals surface area (Å²) in [7, 11) is 1.69. The molecule has 0 aromatic rings. The van der Waals surface area contributed by atoms with Gasteiger partial charge >= 0.3 is 5.97 Å². The Hall–Kier alpha value is -0.610. The largest absolute Gasteiger partial charge is 0.480 e. The highest BCUT2D eigenvalue weighted by atomic mass is 16.5. The van der Waals surface area contributed by atoms with Crippen molar-refractivity contribution in [2.45, 2.75) is 51.5 Å². The fourth-order valence-corrected chi connectivity index (χ4v) is 5.87. The molecule has 0 aromatic heterocycles. The first kappa shape index (κ1) is 15.3. The summed E-state index contributed by atoms with van der Waals surface area (Å²) in [4.78, 5) is 13.4. The molecule has 0 amide bonds. The van der Waals surface area contributed by atoms with Gasteiger partial charge in [0.15, 0.2) is 0 Å². The van der Waals surface area contributed by atoms with Crippen LogP contribution in [-0.4, -0.2) is 48.8 Å². The zero-order chi connectivity index (χ0) is 15.0. The zero-order valence-corrected chi connectivity index (χ0v) is 13.4. The van der Waals surface area contributed by atoms with Crippen LogP contribution in [-0.2, 0) is 9.53 Å². The number of nitrogens with zero attached hydrogens (tertiary/aromatic N) is 1. The van der Waals surface area contributed by atoms with Crippen LogP contribution in [0.1, 0.15) is 45.4 Å². The molecular formula is C17H29NO3. The lowest BCUT2D eigenvalue weighted by Gasteiger charge is -2.60. The molecule has 4 rings (SSSR count). The lowest BCUT2D eigenvalue weighted by molar-refractivity contribution is -0.142. The van der Waals surface area contributed by atoms with E-state index in [0.29, 0.717) is 18.1 Å². The maximum atomic E-state index is 11.2. The second kappa shape index (κ2) is 5.88. The topological polar surface area (TPSA) is 49.8 Å². The van der Waals surface area contributed by atoms with Crippen molar-refractivity contribution in [3.8, 4) is 0 Å². The van der Waals surface area contributed by atoms with Gasteiger partial charge < -0.3 is 9.84 Å². The van der Waals surface area contributed by atoms with Gasteiger partial charge in [0.25, 0.3) is 0 Å². The van der Waals surface area contributed by atoms with Gasteiger partial charge in [0.05, 0.1) is 13.2 Å². The Balaban J connectivity index is 1.74. The second-order valence-corrected chi connectivity index (χ2v) is 7.81. The Labute approximate surface area is 127 Å². The van der Waals surface area contributed by atoms with Gasteiger partial charge in [-0.05, 0) is 68.6 Å². The van der Waals surface area contributed by atoms with E-state index in [9.17, 15) is 9.90 Å². The highest BCUT2D eigenvalue weighted by Gasteiger charge is 2.54. The lowest BCUT2D eigenvalue weighted by Crippen LogP contribution is -2.57. The van der Waals surface area contributed by atoms with Crippen LogP contribution in [0.25, 0.3) is 0 Å². The quantitative estimate of drug-likeness (QED) is 0.784. The van der Waals surface area contributed by atoms with E-state index < -0.39 is 5.97 Å². The van der Waals surface area contributed by atoms with Crippen LogP contribution in [0, 0.1) is 23.2 Å². The third-order valence-electron chi connectivity index (χ3n) is 6.44. The van der Waals surface area contributed by atoms with Crippen molar-refractivity contribution in [3.05, 3.63) is 0 Å². The molecule has 0 aromatic carbocycles. The van der Waals surface area contributed by atoms with E-state index in [-0.39, 0.29) is 6.54 Å². The van der Waals surface area contributed by atoms with Crippen LogP contribution in [0.2, 0.25) is 0 Å². The predicted molar refractivity (Wildman–Crippen MR) is 81.2 cm³/mol. The normalized spacial score (nSPS) is 38.9. The third kappa shape index (κ3) is 2.98. The number of hydrogen-bond donors (Lipinski definition) is 1. The molecule has 1 unspecified atom stereocenters. The minimum Gasteiger partial charge on any atom is -0.480 e. The molecule has 120 valence electrons. The van der Waals surface area contributed by atoms with Gasteiger partial charge in [0.1, 0.15) is 0 Å². The highest BCUT2D eigenvalue weighted by molar-refractivity contribution is 5.69. The summed E-state index contributed by atoms with van der Waals surface area (Å²) in [6.45, 7) is 3.76. The van der Waals surface area contributed by atoms with Crippen LogP contribution < -0.4 is 0 Å². The van der Waals surface area contributed by atoms with Crippen LogP contribution in [0.15, 0.2) is 0 Å². The summed E-state index contributed by atoms with van der Waals surface area (Å²) in [5, 5.41) is 9.23. The van der Waals surface area contributed by atoms with Gasteiger partial charge in [0, 0.05) is 19.7 Å². The summed E-state index contributed by atoms with van der Waals surface area (Å²) in [6, 6.07) is 0.358. The first-order valence-electron chi connectivity index (χ1n) is 8.47. The number of carbonyl (C=O) groups is 1. The molecule has 4 fully saturated rings. The average Bonchev–Trinajstić information content (AvgIpc) is 2.40. The summed E-state index contributed by atoms with van der Waals surface area (Å²) in [5.74, 6) is 2.01. The van der Waals surface area contributed by atoms with E-state index >= 15 is 0 Å². The highest BCUT2D eigenvalue weighted by Crippen LogP contribution is 2.61. The van der Waals surface area contributed by atoms with Gasteiger partial charge in [-0.1, -0.05) is 0 Å². The Bertz CT molecular complexity index is 360. The number of methoxy groups -OCH3 is 1. The van der Waals surface area contributed by atoms with Gasteiger partial charge in [-0.15, -0.1) is 0 Å². The van der Waals surface area contributed by atoms with Crippen LogP contribution >= 0.6 is 0 Å². The molecule has 4 heteroatoms. The van der Waals surface area contributed by atoms with Gasteiger partial charge in [0.2, 0.25) is 0 Å². The molecule has 4 bridgehead atoms. The van der Waals surface area contributed by atoms with Gasteiger partial charge in [-0.25, -0.2) is 0 Å². The fraction of sp³-hybridized carbons (Fsp3) is 0.941. The Morgan fingerprint density at radius 1 is 1.24 bits per heavy atom. The number of hydrogen-bond acceptors (Lipinski definition) is 3.